The van der Waals surface area contributed by atoms with Gasteiger partial charge in [0, 0.05) is 18.2 Å². The zero-order valence-electron chi connectivity index (χ0n) is 10.1. The van der Waals surface area contributed by atoms with Crippen LogP contribution >= 0.6 is 0 Å². The van der Waals surface area contributed by atoms with E-state index in [4.69, 9.17) is 5.73 Å². The first-order valence-electron chi connectivity index (χ1n) is 5.70. The Labute approximate surface area is 100 Å². The molecule has 0 bridgehead atoms. The molecule has 0 aliphatic carbocycles. The van der Waals surface area contributed by atoms with Gasteiger partial charge in [-0.1, -0.05) is 13.3 Å². The molecule has 1 aromatic heterocycles. The average Bonchev–Trinajstić information content (AvgIpc) is 2.59. The van der Waals surface area contributed by atoms with Crippen LogP contribution in [0.15, 0.2) is 24.3 Å². The van der Waals surface area contributed by atoms with E-state index in [1.807, 2.05) is 7.05 Å². The maximum absolute atomic E-state index is 12.9. The lowest BCUT2D eigenvalue weighted by atomic mass is 10.0. The van der Waals surface area contributed by atoms with Gasteiger partial charge < -0.3 is 5.73 Å². The highest BCUT2D eigenvalue weighted by Crippen LogP contribution is 2.27. The maximum Gasteiger partial charge on any atom is 0.125 e. The van der Waals surface area contributed by atoms with Crippen molar-refractivity contribution in [1.82, 2.24) is 9.78 Å². The number of hydrogen-bond donors (Lipinski definition) is 1. The maximum atomic E-state index is 12.9. The molecule has 3 nitrogen and oxygen atoms in total. The summed E-state index contributed by atoms with van der Waals surface area (Å²) in [7, 11) is 1.82. The molecular formula is C13H16FN3. The van der Waals surface area contributed by atoms with Gasteiger partial charge in [-0.25, -0.2) is 4.39 Å². The molecule has 0 saturated carbocycles. The smallest absolute Gasteiger partial charge is 0.125 e. The summed E-state index contributed by atoms with van der Waals surface area (Å²) in [6, 6.07) is 6.35. The molecule has 1 heterocycles. The number of halogens is 1. The van der Waals surface area contributed by atoms with Crippen molar-refractivity contribution in [2.75, 3.05) is 5.73 Å². The molecule has 0 unspecified atom stereocenters. The van der Waals surface area contributed by atoms with Crippen molar-refractivity contribution in [3.8, 4) is 11.3 Å². The standard InChI is InChI=1S/C13H16FN3/c1-3-4-11-12(16-17(2)13(11)15)9-5-7-10(14)8-6-9/h5-8H,3-4,15H2,1-2H3. The summed E-state index contributed by atoms with van der Waals surface area (Å²) in [4.78, 5) is 0. The molecule has 1 aromatic carbocycles. The first kappa shape index (κ1) is 11.6. The summed E-state index contributed by atoms with van der Waals surface area (Å²) < 4.78 is 14.6. The van der Waals surface area contributed by atoms with Gasteiger partial charge in [0.05, 0.1) is 5.69 Å². The highest BCUT2D eigenvalue weighted by atomic mass is 19.1. The Morgan fingerprint density at radius 2 is 1.94 bits per heavy atom. The van der Waals surface area contributed by atoms with E-state index in [1.165, 1.54) is 12.1 Å². The van der Waals surface area contributed by atoms with Gasteiger partial charge in [0.2, 0.25) is 0 Å². The summed E-state index contributed by atoms with van der Waals surface area (Å²) in [6.07, 6.45) is 1.89. The van der Waals surface area contributed by atoms with Crippen LogP contribution in [-0.4, -0.2) is 9.78 Å². The van der Waals surface area contributed by atoms with E-state index in [1.54, 1.807) is 16.8 Å². The highest BCUT2D eigenvalue weighted by Gasteiger charge is 2.14. The fraction of sp³-hybridized carbons (Fsp3) is 0.308. The van der Waals surface area contributed by atoms with Crippen molar-refractivity contribution in [2.24, 2.45) is 7.05 Å². The Morgan fingerprint density at radius 1 is 1.29 bits per heavy atom. The highest BCUT2D eigenvalue weighted by molar-refractivity contribution is 5.68. The minimum absolute atomic E-state index is 0.241. The molecule has 0 spiro atoms. The molecule has 2 N–H and O–H groups in total. The van der Waals surface area contributed by atoms with E-state index in [0.29, 0.717) is 5.82 Å². The molecule has 0 aliphatic heterocycles. The van der Waals surface area contributed by atoms with E-state index in [2.05, 4.69) is 12.0 Å². The fourth-order valence-electron chi connectivity index (χ4n) is 1.92. The van der Waals surface area contributed by atoms with Crippen molar-refractivity contribution in [2.45, 2.75) is 19.8 Å². The van der Waals surface area contributed by atoms with Crippen molar-refractivity contribution >= 4 is 5.82 Å². The molecule has 17 heavy (non-hydrogen) atoms. The number of nitrogen functional groups attached to an aromatic ring is 1. The van der Waals surface area contributed by atoms with E-state index in [9.17, 15) is 4.39 Å². The van der Waals surface area contributed by atoms with Gasteiger partial charge in [-0.2, -0.15) is 5.10 Å². The second-order valence-electron chi connectivity index (χ2n) is 4.09. The van der Waals surface area contributed by atoms with Gasteiger partial charge in [0.1, 0.15) is 11.6 Å². The molecule has 4 heteroatoms. The van der Waals surface area contributed by atoms with Crippen molar-refractivity contribution < 1.29 is 4.39 Å². The quantitative estimate of drug-likeness (QED) is 0.885. The van der Waals surface area contributed by atoms with Crippen LogP contribution in [0.5, 0.6) is 0 Å². The number of nitrogens with two attached hydrogens (primary N) is 1. The monoisotopic (exact) mass is 233 g/mol. The molecule has 0 saturated heterocycles. The zero-order chi connectivity index (χ0) is 12.4. The first-order valence-corrected chi connectivity index (χ1v) is 5.70. The van der Waals surface area contributed by atoms with Gasteiger partial charge in [-0.15, -0.1) is 0 Å². The topological polar surface area (TPSA) is 43.8 Å². The van der Waals surface area contributed by atoms with Crippen molar-refractivity contribution in [1.29, 1.82) is 0 Å². The fourth-order valence-corrected chi connectivity index (χ4v) is 1.92. The molecule has 0 fully saturated rings. The normalized spacial score (nSPS) is 10.8. The second-order valence-corrected chi connectivity index (χ2v) is 4.09. The molecule has 0 amide bonds. The molecule has 2 rings (SSSR count). The van der Waals surface area contributed by atoms with E-state index >= 15 is 0 Å². The first-order chi connectivity index (χ1) is 8.13. The predicted octanol–water partition coefficient (Wildman–Crippen LogP) is 2.76. The average molecular weight is 233 g/mol. The SMILES string of the molecule is CCCc1c(-c2ccc(F)cc2)nn(C)c1N. The van der Waals surface area contributed by atoms with Crippen LogP contribution in [-0.2, 0) is 13.5 Å². The van der Waals surface area contributed by atoms with Crippen LogP contribution in [0.3, 0.4) is 0 Å². The summed E-state index contributed by atoms with van der Waals surface area (Å²) in [5.74, 6) is 0.445. The molecule has 90 valence electrons. The predicted molar refractivity (Wildman–Crippen MR) is 67.0 cm³/mol. The van der Waals surface area contributed by atoms with Crippen LogP contribution in [0.25, 0.3) is 11.3 Å². The lowest BCUT2D eigenvalue weighted by Crippen LogP contribution is -1.99. The van der Waals surface area contributed by atoms with Gasteiger partial charge >= 0.3 is 0 Å². The summed E-state index contributed by atoms with van der Waals surface area (Å²) in [5.41, 5.74) is 8.78. The largest absolute Gasteiger partial charge is 0.384 e. The number of rotatable bonds is 3. The van der Waals surface area contributed by atoms with Crippen molar-refractivity contribution in [3.05, 3.63) is 35.6 Å². The van der Waals surface area contributed by atoms with Crippen molar-refractivity contribution in [3.63, 3.8) is 0 Å². The molecule has 2 aromatic rings. The number of nitrogens with zero attached hydrogens (tertiary/aromatic N) is 2. The lowest BCUT2D eigenvalue weighted by Gasteiger charge is -2.02. The number of benzene rings is 1. The van der Waals surface area contributed by atoms with Crippen LogP contribution in [0.4, 0.5) is 10.2 Å². The summed E-state index contributed by atoms with van der Waals surface area (Å²) in [6.45, 7) is 2.10. The van der Waals surface area contributed by atoms with Gasteiger partial charge in [-0.05, 0) is 30.7 Å². The zero-order valence-corrected chi connectivity index (χ0v) is 10.1. The molecule has 0 atom stereocenters. The van der Waals surface area contributed by atoms with E-state index in [0.717, 1.165) is 29.7 Å². The van der Waals surface area contributed by atoms with E-state index in [-0.39, 0.29) is 5.82 Å². The Bertz CT molecular complexity index is 514. The minimum atomic E-state index is -0.241. The Kier molecular flexibility index (Phi) is 3.13. The number of aryl methyl sites for hydroxylation is 1. The number of aromatic nitrogens is 2. The van der Waals surface area contributed by atoms with E-state index < -0.39 is 0 Å². The second kappa shape index (κ2) is 4.57. The number of hydrogen-bond acceptors (Lipinski definition) is 2. The third-order valence-corrected chi connectivity index (χ3v) is 2.81. The Hall–Kier alpha value is -1.84. The van der Waals surface area contributed by atoms with Crippen LogP contribution < -0.4 is 5.73 Å². The molecular weight excluding hydrogens is 217 g/mol. The third kappa shape index (κ3) is 2.16. The number of anilines is 1. The summed E-state index contributed by atoms with van der Waals surface area (Å²) >= 11 is 0. The van der Waals surface area contributed by atoms with Gasteiger partial charge in [0.25, 0.3) is 0 Å². The molecule has 0 radical (unpaired) electrons. The van der Waals surface area contributed by atoms with Crippen LogP contribution in [0, 0.1) is 5.82 Å². The Balaban J connectivity index is 2.50. The van der Waals surface area contributed by atoms with Crippen LogP contribution in [0.2, 0.25) is 0 Å². The molecule has 0 aliphatic rings. The Morgan fingerprint density at radius 3 is 2.53 bits per heavy atom. The van der Waals surface area contributed by atoms with Crippen LogP contribution in [0.1, 0.15) is 18.9 Å². The lowest BCUT2D eigenvalue weighted by molar-refractivity contribution is 0.628. The third-order valence-electron chi connectivity index (χ3n) is 2.81. The van der Waals surface area contributed by atoms with Gasteiger partial charge in [0.15, 0.2) is 0 Å². The minimum Gasteiger partial charge on any atom is -0.384 e. The summed E-state index contributed by atoms with van der Waals surface area (Å²) in [5, 5.41) is 4.40. The van der Waals surface area contributed by atoms with Gasteiger partial charge in [-0.3, -0.25) is 4.68 Å².